The third-order valence-corrected chi connectivity index (χ3v) is 11.3. The van der Waals surface area contributed by atoms with Gasteiger partial charge in [0.15, 0.2) is 17.3 Å². The van der Waals surface area contributed by atoms with Crippen molar-refractivity contribution >= 4 is 58.0 Å². The SMILES string of the molecule is CC(C)(C)[C@H](NC(=O)COCCCCOc1ccc(-c2ccc(N3C(=S)N(c4ccc(N=O)c(C(F)(F)F)c4F)C(=O)C3(C)C)cn2)cc1)C(=O)N1C[C@H](O)C[C@H]1C(=O)NCc1cnco1. The number of carbonyl (C=O) groups is 4. The second-order valence-electron chi connectivity index (χ2n) is 17.2. The van der Waals surface area contributed by atoms with Crippen LogP contribution in [0.3, 0.4) is 0 Å². The molecule has 0 bridgehead atoms. The number of aliphatic hydroxyl groups is 1. The third-order valence-electron chi connectivity index (χ3n) is 10.9. The lowest BCUT2D eigenvalue weighted by Crippen LogP contribution is -2.58. The minimum atomic E-state index is -5.27. The van der Waals surface area contributed by atoms with Crippen molar-refractivity contribution in [3.8, 4) is 17.0 Å². The predicted molar refractivity (Wildman–Crippen MR) is 235 cm³/mol. The molecule has 2 aromatic heterocycles. The second kappa shape index (κ2) is 20.0. The molecule has 2 aliphatic heterocycles. The number of halogens is 4. The number of carbonyl (C=O) groups excluding carboxylic acids is 4. The average molecular weight is 941 g/mol. The lowest BCUT2D eigenvalue weighted by Gasteiger charge is -2.35. The van der Waals surface area contributed by atoms with Crippen LogP contribution in [0.15, 0.2) is 76.9 Å². The summed E-state index contributed by atoms with van der Waals surface area (Å²) in [5.41, 5.74) is -4.47. The quantitative estimate of drug-likeness (QED) is 0.0467. The zero-order chi connectivity index (χ0) is 48.1. The zero-order valence-electron chi connectivity index (χ0n) is 36.6. The number of anilines is 2. The number of likely N-dealkylation sites (tertiary alicyclic amines) is 1. The highest BCUT2D eigenvalue weighted by molar-refractivity contribution is 7.81. The van der Waals surface area contributed by atoms with Crippen molar-refractivity contribution in [3.05, 3.63) is 89.4 Å². The van der Waals surface area contributed by atoms with Crippen LogP contribution in [0.5, 0.6) is 5.75 Å². The fourth-order valence-corrected chi connectivity index (χ4v) is 8.05. The van der Waals surface area contributed by atoms with E-state index in [-0.39, 0.29) is 37.8 Å². The predicted octanol–water partition coefficient (Wildman–Crippen LogP) is 6.19. The van der Waals surface area contributed by atoms with E-state index in [4.69, 9.17) is 26.1 Å². The highest BCUT2D eigenvalue weighted by Crippen LogP contribution is 2.44. The summed E-state index contributed by atoms with van der Waals surface area (Å²) < 4.78 is 73.0. The molecule has 0 saturated carbocycles. The van der Waals surface area contributed by atoms with Crippen molar-refractivity contribution in [1.29, 1.82) is 0 Å². The summed E-state index contributed by atoms with van der Waals surface area (Å²) in [6.07, 6.45) is -0.860. The molecule has 17 nitrogen and oxygen atoms in total. The summed E-state index contributed by atoms with van der Waals surface area (Å²) in [5, 5.41) is 17.8. The first kappa shape index (κ1) is 49.1. The molecule has 0 aliphatic carbocycles. The van der Waals surface area contributed by atoms with Gasteiger partial charge in [0.05, 0.1) is 48.7 Å². The van der Waals surface area contributed by atoms with Crippen molar-refractivity contribution in [2.24, 2.45) is 10.6 Å². The Balaban J connectivity index is 0.954. The Labute approximate surface area is 381 Å². The van der Waals surface area contributed by atoms with Crippen LogP contribution in [-0.4, -0.2) is 98.8 Å². The number of rotatable bonds is 17. The summed E-state index contributed by atoms with van der Waals surface area (Å²) in [5.74, 6) is -3.13. The number of nitrogens with zero attached hydrogens (tertiary/aromatic N) is 6. The van der Waals surface area contributed by atoms with Crippen LogP contribution in [-0.2, 0) is 36.6 Å². The van der Waals surface area contributed by atoms with E-state index in [9.17, 15) is 42.4 Å². The van der Waals surface area contributed by atoms with Crippen LogP contribution >= 0.6 is 12.2 Å². The van der Waals surface area contributed by atoms with Gasteiger partial charge in [0.2, 0.25) is 17.7 Å². The maximum atomic E-state index is 15.3. The van der Waals surface area contributed by atoms with Gasteiger partial charge >= 0.3 is 6.18 Å². The largest absolute Gasteiger partial charge is 0.494 e. The van der Waals surface area contributed by atoms with E-state index in [1.807, 2.05) is 0 Å². The summed E-state index contributed by atoms with van der Waals surface area (Å²) in [6.45, 7) is 8.59. The normalized spacial score (nSPS) is 17.8. The van der Waals surface area contributed by atoms with Gasteiger partial charge in [-0.3, -0.25) is 29.1 Å². The van der Waals surface area contributed by atoms with Crippen LogP contribution in [0.4, 0.5) is 34.6 Å². The van der Waals surface area contributed by atoms with E-state index in [1.165, 1.54) is 42.4 Å². The van der Waals surface area contributed by atoms with Gasteiger partial charge in [-0.2, -0.15) is 13.2 Å². The summed E-state index contributed by atoms with van der Waals surface area (Å²) in [6, 6.07) is 9.92. The smallest absolute Gasteiger partial charge is 0.421 e. The van der Waals surface area contributed by atoms with Crippen molar-refractivity contribution < 1.29 is 55.7 Å². The van der Waals surface area contributed by atoms with Crippen LogP contribution in [0.2, 0.25) is 0 Å². The van der Waals surface area contributed by atoms with Gasteiger partial charge in [0.1, 0.15) is 47.0 Å². The minimum Gasteiger partial charge on any atom is -0.494 e. The highest BCUT2D eigenvalue weighted by Gasteiger charge is 2.52. The Kier molecular flexibility index (Phi) is 14.9. The number of aromatic nitrogens is 2. The lowest BCUT2D eigenvalue weighted by atomic mass is 9.85. The van der Waals surface area contributed by atoms with Crippen LogP contribution < -0.4 is 25.2 Å². The number of oxazole rings is 1. The van der Waals surface area contributed by atoms with Gasteiger partial charge in [-0.25, -0.2) is 9.37 Å². The van der Waals surface area contributed by atoms with E-state index < -0.39 is 81.7 Å². The number of ether oxygens (including phenoxy) is 2. The van der Waals surface area contributed by atoms with Crippen molar-refractivity contribution in [2.45, 2.75) is 90.3 Å². The van der Waals surface area contributed by atoms with Crippen molar-refractivity contribution in [2.75, 3.05) is 36.2 Å². The molecule has 352 valence electrons. The number of thiocarbonyl (C=S) groups is 1. The van der Waals surface area contributed by atoms with Crippen molar-refractivity contribution in [1.82, 2.24) is 25.5 Å². The Morgan fingerprint density at radius 1 is 1.05 bits per heavy atom. The fraction of sp³-hybridized carbons (Fsp3) is 0.432. The molecule has 2 aliphatic rings. The van der Waals surface area contributed by atoms with Gasteiger partial charge < -0.3 is 39.4 Å². The van der Waals surface area contributed by atoms with E-state index in [2.05, 4.69) is 25.8 Å². The number of aliphatic hydroxyl groups excluding tert-OH is 1. The first-order valence-corrected chi connectivity index (χ1v) is 21.2. The number of nitrogens with one attached hydrogen (secondary N) is 2. The second-order valence-corrected chi connectivity index (χ2v) is 17.5. The van der Waals surface area contributed by atoms with E-state index in [0.717, 1.165) is 6.07 Å². The molecule has 2 fully saturated rings. The molecule has 2 saturated heterocycles. The molecule has 3 N–H and O–H groups in total. The summed E-state index contributed by atoms with van der Waals surface area (Å²) >= 11 is 5.50. The molecule has 4 aromatic rings. The van der Waals surface area contributed by atoms with Gasteiger partial charge in [0.25, 0.3) is 5.91 Å². The maximum Gasteiger partial charge on any atom is 0.421 e. The third kappa shape index (κ3) is 10.8. The van der Waals surface area contributed by atoms with Crippen LogP contribution in [0.1, 0.15) is 65.2 Å². The molecule has 0 spiro atoms. The monoisotopic (exact) mass is 940 g/mol. The molecule has 2 aromatic carbocycles. The lowest BCUT2D eigenvalue weighted by molar-refractivity contribution is -0.144. The summed E-state index contributed by atoms with van der Waals surface area (Å²) in [7, 11) is 0. The number of hydrogen-bond donors (Lipinski definition) is 3. The number of unbranched alkanes of at least 4 members (excludes halogenated alkanes) is 1. The van der Waals surface area contributed by atoms with Crippen LogP contribution in [0.25, 0.3) is 11.3 Å². The van der Waals surface area contributed by atoms with E-state index >= 15 is 4.39 Å². The molecule has 22 heteroatoms. The number of alkyl halides is 3. The van der Waals surface area contributed by atoms with Gasteiger partial charge in [-0.05, 0) is 98.0 Å². The fourth-order valence-electron chi connectivity index (χ4n) is 7.53. The molecule has 0 radical (unpaired) electrons. The molecular weight excluding hydrogens is 893 g/mol. The van der Waals surface area contributed by atoms with Gasteiger partial charge in [0, 0.05) is 25.1 Å². The molecule has 4 amide bonds. The van der Waals surface area contributed by atoms with E-state index in [0.29, 0.717) is 58.9 Å². The first-order chi connectivity index (χ1) is 31.1. The standard InChI is InChI=1S/C44H48F4N8O9S/c1-42(2,3)37(39(60)54-22-27(57)18-33(54)38(59)51-21-29-20-49-24-65-29)52-34(58)23-63-16-6-7-17-64-28-11-8-25(9-12-28)30-13-10-26(19-50-30)56-41(66)55(40(61)43(56,4)5)32-15-14-31(53-62)35(36(32)45)44(46,47)48/h8-15,19-20,24,27,33,37,57H,6-7,16-18,21-23H2,1-5H3,(H,51,59)(H,52,58)/t27-,33+,37-/m1/s1. The maximum absolute atomic E-state index is 15.3. The number of β-amino-alcohol motifs (C(OH)–C–C–N with tert-alkyl or cyclic N) is 1. The average Bonchev–Trinajstić information content (AvgIpc) is 3.97. The molecule has 3 atom stereocenters. The Morgan fingerprint density at radius 2 is 1.76 bits per heavy atom. The molecule has 66 heavy (non-hydrogen) atoms. The topological polar surface area (TPSA) is 209 Å². The number of nitroso groups, excluding NO2 is 1. The minimum absolute atomic E-state index is 0.0457. The summed E-state index contributed by atoms with van der Waals surface area (Å²) in [4.78, 5) is 75.9. The molecule has 4 heterocycles. The number of pyridine rings is 1. The van der Waals surface area contributed by atoms with E-state index in [1.54, 1.807) is 57.2 Å². The Morgan fingerprint density at radius 3 is 2.38 bits per heavy atom. The molecule has 6 rings (SSSR count). The van der Waals surface area contributed by atoms with Crippen molar-refractivity contribution in [3.63, 3.8) is 0 Å². The Hall–Kier alpha value is -6.39. The highest BCUT2D eigenvalue weighted by atomic mass is 32.1. The number of benzene rings is 2. The molecule has 0 unspecified atom stereocenters. The van der Waals surface area contributed by atoms with Gasteiger partial charge in [-0.15, -0.1) is 4.91 Å². The zero-order valence-corrected chi connectivity index (χ0v) is 37.4. The number of amides is 4. The molecular formula is C44H48F4N8O9S. The van der Waals surface area contributed by atoms with Gasteiger partial charge in [-0.1, -0.05) is 20.8 Å². The number of hydrogen-bond acceptors (Lipinski definition) is 13. The first-order valence-electron chi connectivity index (χ1n) is 20.7. The Bertz CT molecular complexity index is 2430. The van der Waals surface area contributed by atoms with Crippen LogP contribution in [0, 0.1) is 16.1 Å².